The second kappa shape index (κ2) is 16.3. The van der Waals surface area contributed by atoms with Gasteiger partial charge in [-0.2, -0.15) is 0 Å². The fourth-order valence-electron chi connectivity index (χ4n) is 11.6. The molecule has 19 atom stereocenters. The molecule has 55 heavy (non-hydrogen) atoms. The fraction of sp³-hybridized carbons (Fsp3) is 0.953. The molecule has 6 aliphatic rings. The van der Waals surface area contributed by atoms with Gasteiger partial charge >= 0.3 is 11.9 Å². The molecule has 19 unspecified atom stereocenters. The summed E-state index contributed by atoms with van der Waals surface area (Å²) in [6, 6.07) is 0. The van der Waals surface area contributed by atoms with Gasteiger partial charge in [0.15, 0.2) is 5.79 Å². The molecular formula is C43H72O12. The molecular weight excluding hydrogens is 708 g/mol. The number of hydrogen-bond acceptors (Lipinski definition) is 12. The summed E-state index contributed by atoms with van der Waals surface area (Å²) in [5.41, 5.74) is -1.12. The maximum absolute atomic E-state index is 12.4. The molecule has 0 aromatic rings. The molecule has 0 aliphatic carbocycles. The standard InChI is InChI=1S/C43H72O12/c1-23-13-14-31(50-36(23)28(6)39(45)48-12)19-32-20-33(47-11)29(7)43(52-32)27(5)21-41(10,55-43)35-15-16-40(9,53-35)38-25(3)18-34(51-38)37-24(2)17-26(4)42(46,54-37)22-49-30(8)44/h23-29,31-38,46H,13-22H2,1-12H3. The first kappa shape index (κ1) is 43.2. The number of ether oxygens (including phenoxy) is 9. The molecule has 1 N–H and O–H groups in total. The summed E-state index contributed by atoms with van der Waals surface area (Å²) in [6.45, 7) is 20.3. The maximum atomic E-state index is 12.4. The highest BCUT2D eigenvalue weighted by Gasteiger charge is 2.65. The minimum Gasteiger partial charge on any atom is -0.469 e. The molecule has 6 aliphatic heterocycles. The largest absolute Gasteiger partial charge is 0.469 e. The van der Waals surface area contributed by atoms with E-state index in [1.807, 2.05) is 13.8 Å². The Bertz CT molecular complexity index is 1360. The van der Waals surface area contributed by atoms with Gasteiger partial charge < -0.3 is 47.7 Å². The normalized spacial score (nSPS) is 50.9. The number of carbonyl (C=O) groups excluding carboxylic acids is 2. The van der Waals surface area contributed by atoms with E-state index in [4.69, 9.17) is 42.6 Å². The van der Waals surface area contributed by atoms with Crippen LogP contribution in [0.4, 0.5) is 0 Å². The van der Waals surface area contributed by atoms with Crippen molar-refractivity contribution in [3.8, 4) is 0 Å². The number of hydrogen-bond donors (Lipinski definition) is 1. The fourth-order valence-corrected chi connectivity index (χ4v) is 11.6. The molecule has 6 rings (SSSR count). The summed E-state index contributed by atoms with van der Waals surface area (Å²) in [5, 5.41) is 11.4. The first-order chi connectivity index (χ1) is 25.8. The van der Waals surface area contributed by atoms with Gasteiger partial charge in [0.2, 0.25) is 5.79 Å². The zero-order valence-corrected chi connectivity index (χ0v) is 35.7. The molecule has 0 bridgehead atoms. The molecule has 6 fully saturated rings. The highest BCUT2D eigenvalue weighted by atomic mass is 16.7. The lowest BCUT2D eigenvalue weighted by molar-refractivity contribution is -0.353. The first-order valence-electron chi connectivity index (χ1n) is 21.3. The van der Waals surface area contributed by atoms with Crippen molar-refractivity contribution >= 4 is 11.9 Å². The third-order valence-electron chi connectivity index (χ3n) is 14.9. The summed E-state index contributed by atoms with van der Waals surface area (Å²) in [4.78, 5) is 24.0. The molecule has 12 nitrogen and oxygen atoms in total. The highest BCUT2D eigenvalue weighted by Crippen LogP contribution is 2.57. The Hall–Kier alpha value is -1.38. The Morgan fingerprint density at radius 2 is 1.56 bits per heavy atom. The first-order valence-corrected chi connectivity index (χ1v) is 21.3. The van der Waals surface area contributed by atoms with Gasteiger partial charge in [-0.05, 0) is 83.5 Å². The second-order valence-corrected chi connectivity index (χ2v) is 19.2. The van der Waals surface area contributed by atoms with E-state index in [1.54, 1.807) is 7.11 Å². The number of esters is 2. The summed E-state index contributed by atoms with van der Waals surface area (Å²) in [5.74, 6) is -2.89. The van der Waals surface area contributed by atoms with Gasteiger partial charge in [-0.1, -0.05) is 41.5 Å². The topological polar surface area (TPSA) is 137 Å². The van der Waals surface area contributed by atoms with Crippen LogP contribution in [0.25, 0.3) is 0 Å². The van der Waals surface area contributed by atoms with Gasteiger partial charge in [0.25, 0.3) is 0 Å². The Morgan fingerprint density at radius 1 is 0.836 bits per heavy atom. The van der Waals surface area contributed by atoms with Gasteiger partial charge in [0.05, 0.1) is 73.1 Å². The number of aliphatic hydroxyl groups is 1. The molecule has 0 aromatic carbocycles. The van der Waals surface area contributed by atoms with Crippen LogP contribution in [-0.4, -0.2) is 109 Å². The predicted molar refractivity (Wildman–Crippen MR) is 203 cm³/mol. The SMILES string of the molecule is COC(=O)C(C)C1OC(CC2CC(OC)C(C)C3(O2)OC(C)(C2CCC(C)(C4OC(C5OC(O)(COC(C)=O)C(C)CC5C)CC4C)O2)CC3C)CCC1C. The molecule has 12 heteroatoms. The van der Waals surface area contributed by atoms with Gasteiger partial charge in [0.1, 0.15) is 6.61 Å². The lowest BCUT2D eigenvalue weighted by atomic mass is 9.78. The lowest BCUT2D eigenvalue weighted by Crippen LogP contribution is -2.58. The third-order valence-corrected chi connectivity index (χ3v) is 14.9. The van der Waals surface area contributed by atoms with Crippen LogP contribution in [0.5, 0.6) is 0 Å². The van der Waals surface area contributed by atoms with E-state index >= 15 is 0 Å². The van der Waals surface area contributed by atoms with E-state index in [9.17, 15) is 14.7 Å². The smallest absolute Gasteiger partial charge is 0.311 e. The van der Waals surface area contributed by atoms with Crippen molar-refractivity contribution < 1.29 is 57.3 Å². The van der Waals surface area contributed by atoms with E-state index < -0.39 is 28.7 Å². The molecule has 0 radical (unpaired) electrons. The van der Waals surface area contributed by atoms with E-state index in [-0.39, 0.29) is 103 Å². The van der Waals surface area contributed by atoms with Crippen molar-refractivity contribution in [1.29, 1.82) is 0 Å². The van der Waals surface area contributed by atoms with Crippen molar-refractivity contribution in [1.82, 2.24) is 0 Å². The minimum absolute atomic E-state index is 0.00334. The van der Waals surface area contributed by atoms with Crippen LogP contribution >= 0.6 is 0 Å². The van der Waals surface area contributed by atoms with Gasteiger partial charge in [-0.25, -0.2) is 0 Å². The number of methoxy groups -OCH3 is 2. The maximum Gasteiger partial charge on any atom is 0.311 e. The Balaban J connectivity index is 1.12. The van der Waals surface area contributed by atoms with Crippen molar-refractivity contribution in [3.05, 3.63) is 0 Å². The third kappa shape index (κ3) is 8.28. The Kier molecular flexibility index (Phi) is 12.8. The molecule has 0 saturated carbocycles. The zero-order chi connectivity index (χ0) is 40.2. The monoisotopic (exact) mass is 781 g/mol. The Morgan fingerprint density at radius 3 is 2.24 bits per heavy atom. The van der Waals surface area contributed by atoms with E-state index in [0.717, 1.165) is 51.4 Å². The van der Waals surface area contributed by atoms with Crippen molar-refractivity contribution in [2.75, 3.05) is 20.8 Å². The van der Waals surface area contributed by atoms with Gasteiger partial charge in [-0.15, -0.1) is 0 Å². The van der Waals surface area contributed by atoms with Crippen molar-refractivity contribution in [2.45, 2.75) is 199 Å². The van der Waals surface area contributed by atoms with Crippen molar-refractivity contribution in [3.63, 3.8) is 0 Å². The average molecular weight is 781 g/mol. The van der Waals surface area contributed by atoms with Crippen LogP contribution in [0, 0.1) is 41.4 Å². The zero-order valence-electron chi connectivity index (χ0n) is 35.7. The van der Waals surface area contributed by atoms with E-state index in [0.29, 0.717) is 6.42 Å². The molecule has 6 saturated heterocycles. The Labute approximate surface area is 329 Å². The lowest BCUT2D eigenvalue weighted by Gasteiger charge is -2.50. The van der Waals surface area contributed by atoms with Crippen LogP contribution < -0.4 is 0 Å². The summed E-state index contributed by atoms with van der Waals surface area (Å²) < 4.78 is 57.9. The minimum atomic E-state index is -1.56. The molecule has 0 amide bonds. The van der Waals surface area contributed by atoms with Gasteiger partial charge in [-0.3, -0.25) is 9.59 Å². The quantitative estimate of drug-likeness (QED) is 0.247. The summed E-state index contributed by atoms with van der Waals surface area (Å²) in [6.07, 6.45) is 6.04. The average Bonchev–Trinajstić information content (AvgIpc) is 3.81. The van der Waals surface area contributed by atoms with Crippen LogP contribution in [0.3, 0.4) is 0 Å². The molecule has 6 heterocycles. The van der Waals surface area contributed by atoms with Crippen LogP contribution in [0.15, 0.2) is 0 Å². The van der Waals surface area contributed by atoms with Crippen LogP contribution in [0.1, 0.15) is 127 Å². The molecule has 316 valence electrons. The number of carbonyl (C=O) groups is 2. The molecule has 0 aromatic heterocycles. The molecule has 1 spiro atoms. The summed E-state index contributed by atoms with van der Waals surface area (Å²) >= 11 is 0. The predicted octanol–water partition coefficient (Wildman–Crippen LogP) is 6.36. The summed E-state index contributed by atoms with van der Waals surface area (Å²) in [7, 11) is 3.22. The van der Waals surface area contributed by atoms with Crippen LogP contribution in [0.2, 0.25) is 0 Å². The highest BCUT2D eigenvalue weighted by molar-refractivity contribution is 5.72. The number of rotatable bonds is 10. The second-order valence-electron chi connectivity index (χ2n) is 19.2. The van der Waals surface area contributed by atoms with E-state index in [2.05, 4.69) is 48.5 Å². The van der Waals surface area contributed by atoms with Crippen LogP contribution in [-0.2, 0) is 52.2 Å². The van der Waals surface area contributed by atoms with E-state index in [1.165, 1.54) is 14.0 Å². The van der Waals surface area contributed by atoms with Gasteiger partial charge in [0, 0.05) is 44.6 Å². The van der Waals surface area contributed by atoms with Crippen molar-refractivity contribution in [2.24, 2.45) is 41.4 Å².